The van der Waals surface area contributed by atoms with Crippen LogP contribution in [-0.2, 0) is 19.4 Å². The summed E-state index contributed by atoms with van der Waals surface area (Å²) in [7, 11) is 0. The van der Waals surface area contributed by atoms with E-state index in [-0.39, 0.29) is 0 Å². The number of pyridine rings is 1. The number of benzene rings is 1. The van der Waals surface area contributed by atoms with Crippen LogP contribution in [0.1, 0.15) is 21.7 Å². The molecule has 0 amide bonds. The molecule has 2 nitrogen and oxygen atoms in total. The van der Waals surface area contributed by atoms with E-state index in [0.717, 1.165) is 17.9 Å². The molecule has 3 heteroatoms. The molecule has 1 aromatic carbocycles. The van der Waals surface area contributed by atoms with Crippen molar-refractivity contribution in [2.24, 2.45) is 0 Å². The molecule has 0 atom stereocenters. The number of aryl methyl sites for hydroxylation is 2. The molecule has 0 aliphatic heterocycles. The van der Waals surface area contributed by atoms with E-state index < -0.39 is 0 Å². The van der Waals surface area contributed by atoms with E-state index in [0.29, 0.717) is 0 Å². The van der Waals surface area contributed by atoms with Crippen LogP contribution in [0.3, 0.4) is 0 Å². The second-order valence-corrected chi connectivity index (χ2v) is 6.48. The number of nitrogens with one attached hydrogen (secondary N) is 1. The lowest BCUT2D eigenvalue weighted by molar-refractivity contribution is 0.913. The highest BCUT2D eigenvalue weighted by Gasteiger charge is 2.14. The zero-order valence-corrected chi connectivity index (χ0v) is 12.0. The predicted octanol–water partition coefficient (Wildman–Crippen LogP) is 4.40. The molecule has 1 aliphatic carbocycles. The minimum atomic E-state index is 0.878. The number of thiophene rings is 1. The molecule has 0 fully saturated rings. The number of nitrogens with zero attached hydrogens (tertiary/aromatic N) is 1. The first kappa shape index (κ1) is 11.9. The second-order valence-electron chi connectivity index (χ2n) is 5.26. The molecule has 0 spiro atoms. The first-order valence-electron chi connectivity index (χ1n) is 7.09. The summed E-state index contributed by atoms with van der Waals surface area (Å²) >= 11 is 1.95. The van der Waals surface area contributed by atoms with Gasteiger partial charge in [-0.2, -0.15) is 0 Å². The molecule has 0 radical (unpaired) electrons. The van der Waals surface area contributed by atoms with E-state index in [9.17, 15) is 0 Å². The average molecular weight is 280 g/mol. The number of anilines is 1. The Morgan fingerprint density at radius 3 is 3.00 bits per heavy atom. The molecule has 2 aromatic heterocycles. The summed E-state index contributed by atoms with van der Waals surface area (Å²) in [6.07, 6.45) is 3.87. The summed E-state index contributed by atoms with van der Waals surface area (Å²) in [5, 5.41) is 4.63. The van der Waals surface area contributed by atoms with Crippen LogP contribution in [-0.4, -0.2) is 4.98 Å². The van der Waals surface area contributed by atoms with Crippen molar-refractivity contribution < 1.29 is 0 Å². The number of para-hydroxylation sites is 1. The summed E-state index contributed by atoms with van der Waals surface area (Å²) in [6.45, 7) is 0.878. The van der Waals surface area contributed by atoms with Crippen molar-refractivity contribution in [2.75, 3.05) is 5.32 Å². The average Bonchev–Trinajstić information content (AvgIpc) is 3.06. The Hall–Kier alpha value is -1.87. The van der Waals surface area contributed by atoms with Gasteiger partial charge in [0.2, 0.25) is 0 Å². The van der Waals surface area contributed by atoms with Crippen molar-refractivity contribution in [1.82, 2.24) is 4.98 Å². The first-order valence-corrected chi connectivity index (χ1v) is 7.90. The molecule has 2 heterocycles. The smallest absolute Gasteiger partial charge is 0.126 e. The van der Waals surface area contributed by atoms with E-state index in [1.54, 1.807) is 10.4 Å². The highest BCUT2D eigenvalue weighted by Crippen LogP contribution is 2.30. The van der Waals surface area contributed by atoms with Gasteiger partial charge in [-0.15, -0.1) is 11.3 Å². The minimum Gasteiger partial charge on any atom is -0.365 e. The van der Waals surface area contributed by atoms with E-state index in [2.05, 4.69) is 40.6 Å². The van der Waals surface area contributed by atoms with Crippen LogP contribution < -0.4 is 5.32 Å². The molecule has 100 valence electrons. The maximum Gasteiger partial charge on any atom is 0.126 e. The molecule has 20 heavy (non-hydrogen) atoms. The van der Waals surface area contributed by atoms with Gasteiger partial charge in [-0.05, 0) is 49.1 Å². The Labute approximate surface area is 122 Å². The third-order valence-corrected chi connectivity index (χ3v) is 5.08. The number of hydrogen-bond donors (Lipinski definition) is 1. The SMILES string of the molecule is c1ccc2nc(NCc3cc4c(s3)CCC4)ccc2c1. The van der Waals surface area contributed by atoms with Gasteiger partial charge in [0.25, 0.3) is 0 Å². The van der Waals surface area contributed by atoms with Gasteiger partial charge in [0.1, 0.15) is 5.82 Å². The monoisotopic (exact) mass is 280 g/mol. The summed E-state index contributed by atoms with van der Waals surface area (Å²) in [6, 6.07) is 14.8. The summed E-state index contributed by atoms with van der Waals surface area (Å²) < 4.78 is 0. The Morgan fingerprint density at radius 1 is 1.10 bits per heavy atom. The number of aromatic nitrogens is 1. The third-order valence-electron chi connectivity index (χ3n) is 3.84. The van der Waals surface area contributed by atoms with Gasteiger partial charge in [-0.3, -0.25) is 0 Å². The molecular weight excluding hydrogens is 264 g/mol. The van der Waals surface area contributed by atoms with Crippen molar-refractivity contribution >= 4 is 28.1 Å². The zero-order valence-electron chi connectivity index (χ0n) is 11.2. The fourth-order valence-corrected chi connectivity index (χ4v) is 4.02. The maximum absolute atomic E-state index is 4.65. The van der Waals surface area contributed by atoms with Crippen LogP contribution >= 0.6 is 11.3 Å². The zero-order chi connectivity index (χ0) is 13.4. The quantitative estimate of drug-likeness (QED) is 0.769. The summed E-state index contributed by atoms with van der Waals surface area (Å²) in [5.74, 6) is 0.956. The van der Waals surface area contributed by atoms with Gasteiger partial charge in [0.15, 0.2) is 0 Å². The Kier molecular flexibility index (Phi) is 2.92. The molecule has 1 aliphatic rings. The lowest BCUT2D eigenvalue weighted by Crippen LogP contribution is -1.99. The van der Waals surface area contributed by atoms with Crippen LogP contribution in [0.2, 0.25) is 0 Å². The molecule has 0 unspecified atom stereocenters. The van der Waals surface area contributed by atoms with Crippen LogP contribution in [0.5, 0.6) is 0 Å². The van der Waals surface area contributed by atoms with Crippen LogP contribution in [0.4, 0.5) is 5.82 Å². The molecule has 1 N–H and O–H groups in total. The van der Waals surface area contributed by atoms with Gasteiger partial charge in [0, 0.05) is 15.1 Å². The topological polar surface area (TPSA) is 24.9 Å². The largest absolute Gasteiger partial charge is 0.365 e. The normalized spacial score (nSPS) is 13.6. The summed E-state index contributed by atoms with van der Waals surface area (Å²) in [4.78, 5) is 7.66. The van der Waals surface area contributed by atoms with Gasteiger partial charge in [-0.1, -0.05) is 18.2 Å². The number of fused-ring (bicyclic) bond motifs is 2. The van der Waals surface area contributed by atoms with E-state index in [1.807, 2.05) is 23.5 Å². The van der Waals surface area contributed by atoms with Gasteiger partial charge >= 0.3 is 0 Å². The molecule has 4 rings (SSSR count). The standard InChI is InChI=1S/C17H16N2S/c1-2-6-15-12(4-1)8-9-17(19-15)18-11-14-10-13-5-3-7-16(13)20-14/h1-2,4,6,8-10H,3,5,7,11H2,(H,18,19). The molecule has 0 saturated heterocycles. The first-order chi connectivity index (χ1) is 9.88. The Balaban J connectivity index is 1.52. The third kappa shape index (κ3) is 2.18. The molecule has 3 aromatic rings. The minimum absolute atomic E-state index is 0.878. The lowest BCUT2D eigenvalue weighted by atomic mass is 10.2. The number of hydrogen-bond acceptors (Lipinski definition) is 3. The van der Waals surface area contributed by atoms with Crippen LogP contribution in [0.15, 0.2) is 42.5 Å². The van der Waals surface area contributed by atoms with Gasteiger partial charge in [0.05, 0.1) is 12.1 Å². The van der Waals surface area contributed by atoms with E-state index in [1.165, 1.54) is 29.5 Å². The highest BCUT2D eigenvalue weighted by molar-refractivity contribution is 7.12. The van der Waals surface area contributed by atoms with Crippen molar-refractivity contribution in [1.29, 1.82) is 0 Å². The molecular formula is C17H16N2S. The Morgan fingerprint density at radius 2 is 2.05 bits per heavy atom. The molecule has 0 saturated carbocycles. The van der Waals surface area contributed by atoms with Crippen molar-refractivity contribution in [3.05, 3.63) is 57.8 Å². The fraction of sp³-hybridized carbons (Fsp3) is 0.235. The van der Waals surface area contributed by atoms with Gasteiger partial charge in [-0.25, -0.2) is 4.98 Å². The van der Waals surface area contributed by atoms with E-state index in [4.69, 9.17) is 0 Å². The summed E-state index contributed by atoms with van der Waals surface area (Å²) in [5.41, 5.74) is 2.62. The van der Waals surface area contributed by atoms with Crippen molar-refractivity contribution in [3.63, 3.8) is 0 Å². The predicted molar refractivity (Wildman–Crippen MR) is 85.4 cm³/mol. The lowest BCUT2D eigenvalue weighted by Gasteiger charge is -2.05. The highest BCUT2D eigenvalue weighted by atomic mass is 32.1. The molecule has 0 bridgehead atoms. The van der Waals surface area contributed by atoms with Crippen molar-refractivity contribution in [3.8, 4) is 0 Å². The number of rotatable bonds is 3. The fourth-order valence-electron chi connectivity index (χ4n) is 2.82. The Bertz CT molecular complexity index is 739. The van der Waals surface area contributed by atoms with E-state index >= 15 is 0 Å². The van der Waals surface area contributed by atoms with Crippen LogP contribution in [0, 0.1) is 0 Å². The van der Waals surface area contributed by atoms with Gasteiger partial charge < -0.3 is 5.32 Å². The second kappa shape index (κ2) is 4.91. The maximum atomic E-state index is 4.65. The van der Waals surface area contributed by atoms with Crippen molar-refractivity contribution in [2.45, 2.75) is 25.8 Å². The van der Waals surface area contributed by atoms with Crippen LogP contribution in [0.25, 0.3) is 10.9 Å².